The summed E-state index contributed by atoms with van der Waals surface area (Å²) < 4.78 is 0. The van der Waals surface area contributed by atoms with Gasteiger partial charge in [-0.25, -0.2) is 0 Å². The van der Waals surface area contributed by atoms with Crippen molar-refractivity contribution >= 4 is 0 Å². The number of hydrogen-bond acceptors (Lipinski definition) is 2. The summed E-state index contributed by atoms with van der Waals surface area (Å²) in [6.07, 6.45) is 11.8. The Morgan fingerprint density at radius 1 is 1.00 bits per heavy atom. The van der Waals surface area contributed by atoms with E-state index in [2.05, 4.69) is 5.43 Å². The minimum absolute atomic E-state index is 0.650. The molecular weight excluding hydrogens is 208 g/mol. The molecule has 0 aromatic rings. The van der Waals surface area contributed by atoms with E-state index in [-0.39, 0.29) is 0 Å². The van der Waals surface area contributed by atoms with Crippen molar-refractivity contribution in [3.8, 4) is 0 Å². The number of hydrazine groups is 1. The van der Waals surface area contributed by atoms with Crippen LogP contribution in [-0.2, 0) is 0 Å². The summed E-state index contributed by atoms with van der Waals surface area (Å²) in [5, 5.41) is 0. The van der Waals surface area contributed by atoms with E-state index >= 15 is 0 Å². The van der Waals surface area contributed by atoms with Gasteiger partial charge in [0.1, 0.15) is 0 Å². The van der Waals surface area contributed by atoms with Crippen molar-refractivity contribution in [3.63, 3.8) is 0 Å². The van der Waals surface area contributed by atoms with Crippen molar-refractivity contribution in [1.82, 2.24) is 5.43 Å². The number of fused-ring (bicyclic) bond motifs is 5. The van der Waals surface area contributed by atoms with Crippen LogP contribution in [0.15, 0.2) is 0 Å². The molecule has 2 bridgehead atoms. The second-order valence-electron chi connectivity index (χ2n) is 7.22. The molecule has 0 spiro atoms. The molecule has 2 heteroatoms. The molecule has 5 unspecified atom stereocenters. The normalized spacial score (nSPS) is 49.6. The van der Waals surface area contributed by atoms with Gasteiger partial charge in [-0.1, -0.05) is 25.7 Å². The first-order chi connectivity index (χ1) is 8.38. The lowest BCUT2D eigenvalue weighted by molar-refractivity contribution is 0.310. The van der Waals surface area contributed by atoms with Gasteiger partial charge < -0.3 is 0 Å². The van der Waals surface area contributed by atoms with Crippen LogP contribution in [0.25, 0.3) is 0 Å². The summed E-state index contributed by atoms with van der Waals surface area (Å²) in [5.74, 6) is 12.1. The van der Waals surface area contributed by atoms with E-state index in [9.17, 15) is 0 Å². The Labute approximate surface area is 105 Å². The largest absolute Gasteiger partial charge is 0.271 e. The number of nitrogens with one attached hydrogen (secondary N) is 1. The molecule has 0 aromatic heterocycles. The Morgan fingerprint density at radius 2 is 1.65 bits per heavy atom. The zero-order valence-corrected chi connectivity index (χ0v) is 10.8. The monoisotopic (exact) mass is 234 g/mol. The molecule has 0 heterocycles. The van der Waals surface area contributed by atoms with Crippen LogP contribution >= 0.6 is 0 Å². The second-order valence-corrected chi connectivity index (χ2v) is 7.22. The summed E-state index contributed by atoms with van der Waals surface area (Å²) >= 11 is 0. The topological polar surface area (TPSA) is 38.0 Å². The van der Waals surface area contributed by atoms with E-state index in [4.69, 9.17) is 5.84 Å². The maximum atomic E-state index is 5.86. The highest BCUT2D eigenvalue weighted by Gasteiger charge is 2.66. The highest BCUT2D eigenvalue weighted by atomic mass is 15.2. The molecule has 0 saturated heterocycles. The molecule has 96 valence electrons. The number of nitrogens with two attached hydrogens (primary N) is 1. The zero-order chi connectivity index (χ0) is 11.4. The van der Waals surface area contributed by atoms with E-state index < -0.39 is 0 Å². The third-order valence-corrected chi connectivity index (χ3v) is 6.54. The Hall–Kier alpha value is -0.0800. The van der Waals surface area contributed by atoms with Gasteiger partial charge in [-0.3, -0.25) is 11.3 Å². The van der Waals surface area contributed by atoms with Gasteiger partial charge in [0.15, 0.2) is 0 Å². The summed E-state index contributed by atoms with van der Waals surface area (Å²) in [4.78, 5) is 0. The van der Waals surface area contributed by atoms with Crippen LogP contribution in [0.2, 0.25) is 0 Å². The summed E-state index contributed by atoms with van der Waals surface area (Å²) in [6.45, 7) is 0. The molecule has 2 nitrogen and oxygen atoms in total. The van der Waals surface area contributed by atoms with E-state index in [0.717, 1.165) is 35.5 Å². The van der Waals surface area contributed by atoms with Crippen LogP contribution in [0.1, 0.15) is 51.4 Å². The second kappa shape index (κ2) is 3.96. The molecule has 4 aliphatic rings. The first kappa shape index (κ1) is 10.8. The minimum atomic E-state index is 0.650. The molecule has 4 fully saturated rings. The minimum Gasteiger partial charge on any atom is -0.271 e. The SMILES string of the molecule is NNC(CC1CCCC1)C1C2C3CCC(C3)C21. The average Bonchev–Trinajstić information content (AvgIpc) is 2.82. The van der Waals surface area contributed by atoms with Crippen molar-refractivity contribution in [2.45, 2.75) is 57.4 Å². The van der Waals surface area contributed by atoms with Gasteiger partial charge in [-0.15, -0.1) is 0 Å². The molecule has 3 N–H and O–H groups in total. The molecular formula is C15H26N2. The van der Waals surface area contributed by atoms with Crippen LogP contribution < -0.4 is 11.3 Å². The lowest BCUT2D eigenvalue weighted by Gasteiger charge is -2.22. The summed E-state index contributed by atoms with van der Waals surface area (Å²) in [6, 6.07) is 0.650. The highest BCUT2D eigenvalue weighted by molar-refractivity contribution is 5.15. The lowest BCUT2D eigenvalue weighted by atomic mass is 9.90. The molecule has 0 amide bonds. The molecule has 17 heavy (non-hydrogen) atoms. The number of hydrogen-bond donors (Lipinski definition) is 2. The van der Waals surface area contributed by atoms with E-state index in [0.29, 0.717) is 6.04 Å². The van der Waals surface area contributed by atoms with Crippen LogP contribution in [0.5, 0.6) is 0 Å². The zero-order valence-electron chi connectivity index (χ0n) is 10.8. The summed E-state index contributed by atoms with van der Waals surface area (Å²) in [5.41, 5.74) is 3.19. The first-order valence-electron chi connectivity index (χ1n) is 7.84. The molecule has 4 saturated carbocycles. The maximum absolute atomic E-state index is 5.86. The van der Waals surface area contributed by atoms with Gasteiger partial charge in [0, 0.05) is 6.04 Å². The predicted molar refractivity (Wildman–Crippen MR) is 69.0 cm³/mol. The van der Waals surface area contributed by atoms with Crippen LogP contribution in [0, 0.1) is 35.5 Å². The molecule has 0 aromatic carbocycles. The van der Waals surface area contributed by atoms with E-state index in [1.807, 2.05) is 0 Å². The van der Waals surface area contributed by atoms with Crippen molar-refractivity contribution in [1.29, 1.82) is 0 Å². The number of rotatable bonds is 4. The Balaban J connectivity index is 1.40. The fourth-order valence-electron chi connectivity index (χ4n) is 5.87. The fraction of sp³-hybridized carbons (Fsp3) is 1.00. The molecule has 5 atom stereocenters. The Kier molecular flexibility index (Phi) is 2.52. The van der Waals surface area contributed by atoms with Crippen molar-refractivity contribution in [2.24, 2.45) is 41.4 Å². The van der Waals surface area contributed by atoms with Gasteiger partial charge in [0.2, 0.25) is 0 Å². The first-order valence-corrected chi connectivity index (χ1v) is 7.84. The Morgan fingerprint density at radius 3 is 2.24 bits per heavy atom. The maximum Gasteiger partial charge on any atom is 0.0247 e. The van der Waals surface area contributed by atoms with Crippen molar-refractivity contribution in [2.75, 3.05) is 0 Å². The molecule has 4 aliphatic carbocycles. The van der Waals surface area contributed by atoms with Gasteiger partial charge in [0.05, 0.1) is 0 Å². The third kappa shape index (κ3) is 1.60. The van der Waals surface area contributed by atoms with Gasteiger partial charge >= 0.3 is 0 Å². The smallest absolute Gasteiger partial charge is 0.0247 e. The van der Waals surface area contributed by atoms with Gasteiger partial charge in [-0.05, 0) is 61.2 Å². The van der Waals surface area contributed by atoms with Gasteiger partial charge in [0.25, 0.3) is 0 Å². The van der Waals surface area contributed by atoms with E-state index in [1.165, 1.54) is 44.9 Å². The predicted octanol–water partition coefficient (Wildman–Crippen LogP) is 2.69. The average molecular weight is 234 g/mol. The van der Waals surface area contributed by atoms with E-state index in [1.54, 1.807) is 6.42 Å². The molecule has 4 rings (SSSR count). The standard InChI is InChI=1S/C15H26N2/c16-17-12(7-9-3-1-2-4-9)15-13-10-5-6-11(8-10)14(13)15/h9-15,17H,1-8,16H2. The van der Waals surface area contributed by atoms with Crippen molar-refractivity contribution in [3.05, 3.63) is 0 Å². The van der Waals surface area contributed by atoms with Gasteiger partial charge in [-0.2, -0.15) is 0 Å². The lowest BCUT2D eigenvalue weighted by Crippen LogP contribution is -2.39. The Bertz CT molecular complexity index is 281. The van der Waals surface area contributed by atoms with Crippen LogP contribution in [0.4, 0.5) is 0 Å². The molecule has 0 radical (unpaired) electrons. The van der Waals surface area contributed by atoms with Crippen molar-refractivity contribution < 1.29 is 0 Å². The third-order valence-electron chi connectivity index (χ3n) is 6.54. The quantitative estimate of drug-likeness (QED) is 0.580. The summed E-state index contributed by atoms with van der Waals surface area (Å²) in [7, 11) is 0. The van der Waals surface area contributed by atoms with Crippen LogP contribution in [-0.4, -0.2) is 6.04 Å². The molecule has 0 aliphatic heterocycles. The van der Waals surface area contributed by atoms with Crippen LogP contribution in [0.3, 0.4) is 0 Å². The highest BCUT2D eigenvalue weighted by Crippen LogP contribution is 2.70. The fourth-order valence-corrected chi connectivity index (χ4v) is 5.87.